The fourth-order valence-corrected chi connectivity index (χ4v) is 4.48. The molecule has 33 heavy (non-hydrogen) atoms. The molecule has 1 N–H and O–H groups in total. The van der Waals surface area contributed by atoms with Gasteiger partial charge in [-0.25, -0.2) is 0 Å². The molecule has 1 heterocycles. The van der Waals surface area contributed by atoms with E-state index in [1.807, 2.05) is 24.3 Å². The van der Waals surface area contributed by atoms with Gasteiger partial charge in [0.15, 0.2) is 0 Å². The second kappa shape index (κ2) is 10.6. The minimum absolute atomic E-state index is 0.0654. The third-order valence-corrected chi connectivity index (χ3v) is 6.12. The molecule has 1 atom stereocenters. The van der Waals surface area contributed by atoms with Crippen molar-refractivity contribution in [2.75, 3.05) is 18.4 Å². The molecule has 1 aliphatic heterocycles. The second-order valence-corrected chi connectivity index (χ2v) is 8.51. The van der Waals surface area contributed by atoms with Gasteiger partial charge in [-0.2, -0.15) is 8.78 Å². The lowest BCUT2D eigenvalue weighted by Gasteiger charge is -2.32. The molecular formula is C25H28F2N2O4. The van der Waals surface area contributed by atoms with Gasteiger partial charge in [0.2, 0.25) is 5.91 Å². The van der Waals surface area contributed by atoms with Crippen LogP contribution in [-0.2, 0) is 4.79 Å². The van der Waals surface area contributed by atoms with Gasteiger partial charge in [0, 0.05) is 24.8 Å². The quantitative estimate of drug-likeness (QED) is 0.627. The molecule has 1 aliphatic carbocycles. The number of rotatable bonds is 7. The average Bonchev–Trinajstić information content (AvgIpc) is 3.32. The number of likely N-dealkylation sites (tertiary alicyclic amines) is 1. The average molecular weight is 459 g/mol. The third-order valence-electron chi connectivity index (χ3n) is 6.12. The highest BCUT2D eigenvalue weighted by Gasteiger charge is 2.30. The lowest BCUT2D eigenvalue weighted by Crippen LogP contribution is -2.43. The van der Waals surface area contributed by atoms with Crippen molar-refractivity contribution in [2.45, 2.75) is 51.2 Å². The molecule has 0 bridgehead atoms. The Morgan fingerprint density at radius 2 is 1.79 bits per heavy atom. The molecule has 176 valence electrons. The van der Waals surface area contributed by atoms with Crippen LogP contribution in [0.4, 0.5) is 14.5 Å². The fraction of sp³-hybridized carbons (Fsp3) is 0.440. The van der Waals surface area contributed by atoms with Crippen LogP contribution in [0.2, 0.25) is 0 Å². The molecule has 2 amide bonds. The number of halogens is 2. The zero-order valence-corrected chi connectivity index (χ0v) is 18.3. The summed E-state index contributed by atoms with van der Waals surface area (Å²) in [5.74, 6) is -0.428. The molecule has 8 heteroatoms. The van der Waals surface area contributed by atoms with Crippen LogP contribution in [0.5, 0.6) is 11.5 Å². The van der Waals surface area contributed by atoms with Gasteiger partial charge in [-0.3, -0.25) is 9.59 Å². The van der Waals surface area contributed by atoms with E-state index in [0.717, 1.165) is 18.6 Å². The van der Waals surface area contributed by atoms with Crippen molar-refractivity contribution in [3.05, 3.63) is 54.1 Å². The van der Waals surface area contributed by atoms with E-state index in [1.54, 1.807) is 6.07 Å². The van der Waals surface area contributed by atoms with Crippen molar-refractivity contribution >= 4 is 17.5 Å². The Morgan fingerprint density at radius 3 is 2.58 bits per heavy atom. The summed E-state index contributed by atoms with van der Waals surface area (Å²) in [6.45, 7) is -2.35. The molecule has 1 unspecified atom stereocenters. The number of ether oxygens (including phenoxy) is 2. The molecule has 2 aliphatic rings. The topological polar surface area (TPSA) is 67.9 Å². The number of amides is 2. The lowest BCUT2D eigenvalue weighted by molar-refractivity contribution is -0.121. The molecule has 2 fully saturated rings. The Hall–Kier alpha value is -3.16. The van der Waals surface area contributed by atoms with E-state index >= 15 is 0 Å². The van der Waals surface area contributed by atoms with Gasteiger partial charge >= 0.3 is 6.61 Å². The molecule has 0 aromatic heterocycles. The Labute approximate surface area is 191 Å². The van der Waals surface area contributed by atoms with E-state index in [9.17, 15) is 18.4 Å². The lowest BCUT2D eigenvalue weighted by atomic mass is 9.96. The van der Waals surface area contributed by atoms with E-state index in [0.29, 0.717) is 25.1 Å². The van der Waals surface area contributed by atoms with Crippen LogP contribution in [0, 0.1) is 5.92 Å². The maximum atomic E-state index is 13.0. The first kappa shape index (κ1) is 23.0. The van der Waals surface area contributed by atoms with Crippen LogP contribution in [0.3, 0.4) is 0 Å². The first-order valence-electron chi connectivity index (χ1n) is 11.4. The van der Waals surface area contributed by atoms with Crippen molar-refractivity contribution in [1.82, 2.24) is 4.90 Å². The Kier molecular flexibility index (Phi) is 7.42. The maximum Gasteiger partial charge on any atom is 0.387 e. The molecule has 4 rings (SSSR count). The number of carbonyl (C=O) groups is 2. The number of benzene rings is 2. The van der Waals surface area contributed by atoms with E-state index in [2.05, 4.69) is 10.1 Å². The minimum atomic E-state index is -3.02. The second-order valence-electron chi connectivity index (χ2n) is 8.51. The molecule has 1 saturated heterocycles. The van der Waals surface area contributed by atoms with Gasteiger partial charge < -0.3 is 19.7 Å². The van der Waals surface area contributed by atoms with Crippen molar-refractivity contribution < 1.29 is 27.8 Å². The summed E-state index contributed by atoms with van der Waals surface area (Å²) in [7, 11) is 0. The number of anilines is 1. The summed E-state index contributed by atoms with van der Waals surface area (Å²) >= 11 is 0. The van der Waals surface area contributed by atoms with E-state index in [1.165, 1.54) is 35.9 Å². The normalized spacial score (nSPS) is 18.9. The van der Waals surface area contributed by atoms with Gasteiger partial charge in [-0.1, -0.05) is 18.2 Å². The summed E-state index contributed by atoms with van der Waals surface area (Å²) in [4.78, 5) is 27.4. The van der Waals surface area contributed by atoms with Crippen LogP contribution in [-0.4, -0.2) is 42.5 Å². The summed E-state index contributed by atoms with van der Waals surface area (Å²) in [5.41, 5.74) is 0.713. The summed E-state index contributed by atoms with van der Waals surface area (Å²) in [5, 5.41) is 2.93. The van der Waals surface area contributed by atoms with Crippen molar-refractivity contribution in [2.24, 2.45) is 5.92 Å². The predicted molar refractivity (Wildman–Crippen MR) is 120 cm³/mol. The van der Waals surface area contributed by atoms with Gasteiger partial charge in [-0.05, 0) is 62.8 Å². The SMILES string of the molecule is O=C(Nc1cccc(OC2CCCC2)c1)C1CCCN(C(=O)c2ccccc2OC(F)F)C1. The van der Waals surface area contributed by atoms with Crippen LogP contribution in [0.15, 0.2) is 48.5 Å². The zero-order chi connectivity index (χ0) is 23.2. The number of alkyl halides is 2. The van der Waals surface area contributed by atoms with Gasteiger partial charge in [0.25, 0.3) is 5.91 Å². The predicted octanol–water partition coefficient (Wildman–Crippen LogP) is 5.10. The van der Waals surface area contributed by atoms with Crippen LogP contribution >= 0.6 is 0 Å². The standard InChI is InChI=1S/C25H28F2N2O4/c26-25(27)33-22-13-4-3-12-21(22)24(31)29-14-6-7-17(16-29)23(30)28-18-8-5-11-20(15-18)32-19-9-1-2-10-19/h3-5,8,11-13,15,17,19,25H,1-2,6-7,9-10,14,16H2,(H,28,30). The van der Waals surface area contributed by atoms with E-state index in [-0.39, 0.29) is 29.9 Å². The number of hydrogen-bond donors (Lipinski definition) is 1. The number of para-hydroxylation sites is 1. The highest BCUT2D eigenvalue weighted by atomic mass is 19.3. The van der Waals surface area contributed by atoms with Crippen LogP contribution in [0.1, 0.15) is 48.9 Å². The van der Waals surface area contributed by atoms with Crippen molar-refractivity contribution in [3.8, 4) is 11.5 Å². The molecule has 2 aromatic carbocycles. The van der Waals surface area contributed by atoms with Crippen molar-refractivity contribution in [3.63, 3.8) is 0 Å². The number of carbonyl (C=O) groups excluding carboxylic acids is 2. The minimum Gasteiger partial charge on any atom is -0.490 e. The summed E-state index contributed by atoms with van der Waals surface area (Å²) < 4.78 is 35.9. The van der Waals surface area contributed by atoms with Gasteiger partial charge in [0.1, 0.15) is 11.5 Å². The molecule has 0 radical (unpaired) electrons. The Balaban J connectivity index is 1.38. The van der Waals surface area contributed by atoms with Gasteiger partial charge in [-0.15, -0.1) is 0 Å². The summed E-state index contributed by atoms with van der Waals surface area (Å²) in [6, 6.07) is 13.3. The molecule has 2 aromatic rings. The number of nitrogens with one attached hydrogen (secondary N) is 1. The number of piperidine rings is 1. The first-order valence-corrected chi connectivity index (χ1v) is 11.4. The zero-order valence-electron chi connectivity index (χ0n) is 18.3. The molecule has 1 saturated carbocycles. The number of nitrogens with zero attached hydrogens (tertiary/aromatic N) is 1. The van der Waals surface area contributed by atoms with Crippen molar-refractivity contribution in [1.29, 1.82) is 0 Å². The first-order chi connectivity index (χ1) is 16.0. The smallest absolute Gasteiger partial charge is 0.387 e. The monoisotopic (exact) mass is 458 g/mol. The van der Waals surface area contributed by atoms with E-state index < -0.39 is 18.4 Å². The third kappa shape index (κ3) is 6.00. The highest BCUT2D eigenvalue weighted by Crippen LogP contribution is 2.28. The van der Waals surface area contributed by atoms with Crippen LogP contribution < -0.4 is 14.8 Å². The maximum absolute atomic E-state index is 13.0. The Bertz CT molecular complexity index is 978. The summed E-state index contributed by atoms with van der Waals surface area (Å²) in [6.07, 6.45) is 5.97. The largest absolute Gasteiger partial charge is 0.490 e. The Morgan fingerprint density at radius 1 is 1.00 bits per heavy atom. The van der Waals surface area contributed by atoms with Gasteiger partial charge in [0.05, 0.1) is 17.6 Å². The number of hydrogen-bond acceptors (Lipinski definition) is 4. The van der Waals surface area contributed by atoms with E-state index in [4.69, 9.17) is 4.74 Å². The fourth-order valence-electron chi connectivity index (χ4n) is 4.48. The molecular weight excluding hydrogens is 430 g/mol. The van der Waals surface area contributed by atoms with Crippen LogP contribution in [0.25, 0.3) is 0 Å². The molecule has 6 nitrogen and oxygen atoms in total. The molecule has 0 spiro atoms. The highest BCUT2D eigenvalue weighted by molar-refractivity contribution is 5.98.